The number of hydrogen-bond acceptors (Lipinski definition) is 7. The average Bonchev–Trinajstić information content (AvgIpc) is 3.46. The number of rotatable bonds is 16. The number of thiazole rings is 1. The lowest BCUT2D eigenvalue weighted by Crippen LogP contribution is -2.58. The highest BCUT2D eigenvalue weighted by atomic mass is 32.1. The summed E-state index contributed by atoms with van der Waals surface area (Å²) >= 11 is 1.60. The number of halogens is 1. The number of nitrogens with one attached hydrogen (secondary N) is 2. The third-order valence-corrected chi connectivity index (χ3v) is 12.2. The monoisotopic (exact) mass is 725 g/mol. The fourth-order valence-electron chi connectivity index (χ4n) is 7.49. The molecule has 282 valence electrons. The van der Waals surface area contributed by atoms with Gasteiger partial charge in [-0.15, -0.1) is 11.3 Å². The molecule has 3 fully saturated rings. The van der Waals surface area contributed by atoms with Crippen molar-refractivity contribution in [1.82, 2.24) is 25.4 Å². The Balaban J connectivity index is 1.19. The lowest BCUT2D eigenvalue weighted by Gasteiger charge is -2.35. The van der Waals surface area contributed by atoms with Crippen molar-refractivity contribution >= 4 is 29.1 Å². The summed E-state index contributed by atoms with van der Waals surface area (Å²) in [5.41, 5.74) is 2.19. The molecule has 5 rings (SSSR count). The largest absolute Gasteiger partial charge is 0.493 e. The minimum Gasteiger partial charge on any atom is -0.493 e. The van der Waals surface area contributed by atoms with Gasteiger partial charge in [-0.1, -0.05) is 59.6 Å². The van der Waals surface area contributed by atoms with E-state index in [0.29, 0.717) is 26.0 Å². The SMILES string of the molecule is CCC(CC)CN1CCC(CCCOc2cc(-c3scnc3C)ccc2CNC(=O)C2CCCN2C(=O)C(NC(=O)C2(F)CC2)C(C)(C)C)CC1. The molecule has 3 heterocycles. The van der Waals surface area contributed by atoms with E-state index in [2.05, 4.69) is 40.4 Å². The maximum atomic E-state index is 14.5. The Kier molecular flexibility index (Phi) is 13.2. The highest BCUT2D eigenvalue weighted by molar-refractivity contribution is 7.13. The third-order valence-electron chi connectivity index (χ3n) is 11.2. The number of aryl methyl sites for hydroxylation is 1. The van der Waals surface area contributed by atoms with Crippen LogP contribution in [0.3, 0.4) is 0 Å². The number of alkyl halides is 1. The van der Waals surface area contributed by atoms with Gasteiger partial charge in [0, 0.05) is 25.2 Å². The summed E-state index contributed by atoms with van der Waals surface area (Å²) in [5.74, 6) is 0.951. The summed E-state index contributed by atoms with van der Waals surface area (Å²) in [5, 5.41) is 5.76. The Labute approximate surface area is 308 Å². The second kappa shape index (κ2) is 17.2. The predicted molar refractivity (Wildman–Crippen MR) is 201 cm³/mol. The van der Waals surface area contributed by atoms with E-state index in [-0.39, 0.29) is 31.2 Å². The number of benzene rings is 1. The van der Waals surface area contributed by atoms with Gasteiger partial charge in [-0.2, -0.15) is 0 Å². The highest BCUT2D eigenvalue weighted by Gasteiger charge is 2.53. The fraction of sp³-hybridized carbons (Fsp3) is 0.700. The van der Waals surface area contributed by atoms with E-state index in [0.717, 1.165) is 52.1 Å². The topological polar surface area (TPSA) is 104 Å². The molecule has 11 heteroatoms. The summed E-state index contributed by atoms with van der Waals surface area (Å²) in [6.07, 6.45) is 8.67. The van der Waals surface area contributed by atoms with E-state index < -0.39 is 29.1 Å². The molecule has 2 aliphatic heterocycles. The number of likely N-dealkylation sites (tertiary alicyclic amines) is 2. The van der Waals surface area contributed by atoms with Gasteiger partial charge in [0.1, 0.15) is 17.8 Å². The first-order valence-electron chi connectivity index (χ1n) is 19.3. The van der Waals surface area contributed by atoms with Gasteiger partial charge < -0.3 is 25.2 Å². The molecular weight excluding hydrogens is 666 g/mol. The van der Waals surface area contributed by atoms with Crippen LogP contribution in [0.4, 0.5) is 4.39 Å². The summed E-state index contributed by atoms with van der Waals surface area (Å²) in [4.78, 5) is 49.8. The molecule has 0 radical (unpaired) electrons. The zero-order valence-corrected chi connectivity index (χ0v) is 32.5. The average molecular weight is 726 g/mol. The molecule has 51 heavy (non-hydrogen) atoms. The highest BCUT2D eigenvalue weighted by Crippen LogP contribution is 2.40. The smallest absolute Gasteiger partial charge is 0.258 e. The standard InChI is InChI=1S/C40H60FN5O4S/c1-7-28(8-2)25-45-20-15-29(16-21-45)11-10-22-50-33-23-30(34-27(3)43-26-51-34)13-14-31(33)24-42-36(47)32-12-9-19-46(32)37(48)35(39(4,5)6)44-38(49)40(41)17-18-40/h13-14,23,26,28-29,32,35H,7-12,15-22,24-25H2,1-6H3,(H,42,47)(H,44,49). The molecule has 2 N–H and O–H groups in total. The zero-order chi connectivity index (χ0) is 36.8. The molecular formula is C40H60FN5O4S. The fourth-order valence-corrected chi connectivity index (χ4v) is 8.30. The molecule has 9 nitrogen and oxygen atoms in total. The van der Waals surface area contributed by atoms with Crippen molar-refractivity contribution in [3.05, 3.63) is 35.0 Å². The second-order valence-electron chi connectivity index (χ2n) is 16.2. The van der Waals surface area contributed by atoms with Crippen LogP contribution in [-0.2, 0) is 20.9 Å². The van der Waals surface area contributed by atoms with Crippen molar-refractivity contribution in [2.45, 2.75) is 130 Å². The number of nitrogens with zero attached hydrogens (tertiary/aromatic N) is 3. The van der Waals surface area contributed by atoms with Crippen LogP contribution in [0, 0.1) is 24.2 Å². The quantitative estimate of drug-likeness (QED) is 0.180. The van der Waals surface area contributed by atoms with E-state index in [4.69, 9.17) is 4.74 Å². The van der Waals surface area contributed by atoms with Gasteiger partial charge in [0.2, 0.25) is 11.8 Å². The van der Waals surface area contributed by atoms with Gasteiger partial charge in [-0.3, -0.25) is 14.4 Å². The molecule has 2 aromatic rings. The maximum Gasteiger partial charge on any atom is 0.258 e. The molecule has 3 amide bonds. The first kappa shape index (κ1) is 39.2. The first-order chi connectivity index (χ1) is 24.3. The molecule has 0 bridgehead atoms. The minimum atomic E-state index is -1.89. The van der Waals surface area contributed by atoms with Crippen molar-refractivity contribution in [3.8, 4) is 16.2 Å². The van der Waals surface area contributed by atoms with Gasteiger partial charge in [-0.05, 0) is 100 Å². The molecule has 2 unspecified atom stereocenters. The summed E-state index contributed by atoms with van der Waals surface area (Å²) < 4.78 is 21.0. The van der Waals surface area contributed by atoms with E-state index >= 15 is 0 Å². The van der Waals surface area contributed by atoms with Crippen LogP contribution in [0.5, 0.6) is 5.75 Å². The number of carbonyl (C=O) groups is 3. The lowest BCUT2D eigenvalue weighted by atomic mass is 9.85. The van der Waals surface area contributed by atoms with Crippen molar-refractivity contribution in [3.63, 3.8) is 0 Å². The number of hydrogen-bond donors (Lipinski definition) is 2. The molecule has 2 atom stereocenters. The van der Waals surface area contributed by atoms with Gasteiger partial charge in [0.05, 0.1) is 22.7 Å². The Hall–Kier alpha value is -3.05. The Morgan fingerprint density at radius 1 is 1.10 bits per heavy atom. The number of ether oxygens (including phenoxy) is 1. The summed E-state index contributed by atoms with van der Waals surface area (Å²) in [6, 6.07) is 4.51. The van der Waals surface area contributed by atoms with Crippen LogP contribution < -0.4 is 15.4 Å². The Morgan fingerprint density at radius 3 is 2.45 bits per heavy atom. The van der Waals surface area contributed by atoms with Crippen LogP contribution in [0.2, 0.25) is 0 Å². The van der Waals surface area contributed by atoms with Gasteiger partial charge >= 0.3 is 0 Å². The van der Waals surface area contributed by atoms with Crippen molar-refractivity contribution in [2.24, 2.45) is 17.3 Å². The van der Waals surface area contributed by atoms with E-state index in [9.17, 15) is 18.8 Å². The summed E-state index contributed by atoms with van der Waals surface area (Å²) in [6.45, 7) is 17.0. The number of amides is 3. The molecule has 1 saturated carbocycles. The van der Waals surface area contributed by atoms with Crippen molar-refractivity contribution in [1.29, 1.82) is 0 Å². The third kappa shape index (κ3) is 10.1. The summed E-state index contributed by atoms with van der Waals surface area (Å²) in [7, 11) is 0. The minimum absolute atomic E-state index is 0.174. The van der Waals surface area contributed by atoms with E-state index in [1.165, 1.54) is 45.3 Å². The van der Waals surface area contributed by atoms with E-state index in [1.807, 2.05) is 45.3 Å². The van der Waals surface area contributed by atoms with Gasteiger partial charge in [-0.25, -0.2) is 9.37 Å². The predicted octanol–water partition coefficient (Wildman–Crippen LogP) is 7.07. The van der Waals surface area contributed by atoms with Crippen LogP contribution in [0.25, 0.3) is 10.4 Å². The zero-order valence-electron chi connectivity index (χ0n) is 31.7. The normalized spacial score (nSPS) is 20.0. The number of aromatic nitrogens is 1. The number of carbonyl (C=O) groups excluding carboxylic acids is 3. The van der Waals surface area contributed by atoms with Crippen LogP contribution in [-0.4, -0.2) is 83.0 Å². The van der Waals surface area contributed by atoms with Crippen LogP contribution in [0.1, 0.15) is 110 Å². The van der Waals surface area contributed by atoms with Crippen LogP contribution >= 0.6 is 11.3 Å². The second-order valence-corrected chi connectivity index (χ2v) is 17.0. The van der Waals surface area contributed by atoms with Gasteiger partial charge in [0.15, 0.2) is 5.67 Å². The Morgan fingerprint density at radius 2 is 1.82 bits per heavy atom. The molecule has 2 saturated heterocycles. The van der Waals surface area contributed by atoms with Crippen LogP contribution in [0.15, 0.2) is 23.7 Å². The number of piperidine rings is 1. The maximum absolute atomic E-state index is 14.5. The van der Waals surface area contributed by atoms with Crippen molar-refractivity contribution < 1.29 is 23.5 Å². The van der Waals surface area contributed by atoms with E-state index in [1.54, 1.807) is 16.2 Å². The molecule has 1 aromatic carbocycles. The molecule has 3 aliphatic rings. The molecule has 1 aliphatic carbocycles. The molecule has 0 spiro atoms. The Bertz CT molecular complexity index is 1490. The molecule has 1 aromatic heterocycles. The van der Waals surface area contributed by atoms with Crippen molar-refractivity contribution in [2.75, 3.05) is 32.8 Å². The lowest BCUT2D eigenvalue weighted by molar-refractivity contribution is -0.144. The first-order valence-corrected chi connectivity index (χ1v) is 20.2. The van der Waals surface area contributed by atoms with Gasteiger partial charge in [0.25, 0.3) is 5.91 Å².